The summed E-state index contributed by atoms with van der Waals surface area (Å²) in [4.78, 5) is 7.74. The fourth-order valence-electron chi connectivity index (χ4n) is 0.907. The number of anilines is 1. The average Bonchev–Trinajstić information content (AvgIpc) is 2.15. The zero-order valence-electron chi connectivity index (χ0n) is 9.16. The van der Waals surface area contributed by atoms with Crippen LogP contribution in [-0.4, -0.2) is 27.2 Å². The van der Waals surface area contributed by atoms with Gasteiger partial charge in [0.25, 0.3) is 0 Å². The normalized spacial score (nSPS) is 15.1. The summed E-state index contributed by atoms with van der Waals surface area (Å²) in [6, 6.07) is 1.71. The highest BCUT2D eigenvalue weighted by Gasteiger charge is 2.24. The van der Waals surface area contributed by atoms with Crippen molar-refractivity contribution in [2.75, 3.05) is 11.9 Å². The van der Waals surface area contributed by atoms with Crippen LogP contribution in [0.5, 0.6) is 0 Å². The Morgan fingerprint density at radius 1 is 1.60 bits per heavy atom. The summed E-state index contributed by atoms with van der Waals surface area (Å²) in [6.45, 7) is 6.15. The van der Waals surface area contributed by atoms with Crippen LogP contribution in [0.1, 0.15) is 20.8 Å². The van der Waals surface area contributed by atoms with Crippen molar-refractivity contribution in [2.45, 2.75) is 26.4 Å². The van der Waals surface area contributed by atoms with Gasteiger partial charge in [0.05, 0.1) is 5.60 Å². The molecular weight excluding hydrogens is 214 g/mol. The third kappa shape index (κ3) is 3.64. The lowest BCUT2D eigenvalue weighted by atomic mass is 9.93. The van der Waals surface area contributed by atoms with E-state index in [1.165, 1.54) is 0 Å². The zero-order chi connectivity index (χ0) is 11.5. The van der Waals surface area contributed by atoms with Gasteiger partial charge < -0.3 is 10.4 Å². The van der Waals surface area contributed by atoms with E-state index < -0.39 is 5.60 Å². The Morgan fingerprint density at radius 3 is 2.80 bits per heavy atom. The molecule has 0 spiro atoms. The van der Waals surface area contributed by atoms with Gasteiger partial charge in [0.15, 0.2) is 0 Å². The number of nitrogens with one attached hydrogen (secondary N) is 1. The maximum atomic E-state index is 9.98. The molecular formula is C10H16ClN3O. The highest BCUT2D eigenvalue weighted by Crippen LogP contribution is 2.16. The lowest BCUT2D eigenvalue weighted by Crippen LogP contribution is -2.38. The topological polar surface area (TPSA) is 58.0 Å². The summed E-state index contributed by atoms with van der Waals surface area (Å²) in [6.07, 6.45) is 1.57. The molecule has 0 amide bonds. The van der Waals surface area contributed by atoms with Gasteiger partial charge in [0.2, 0.25) is 5.28 Å². The van der Waals surface area contributed by atoms with Crippen molar-refractivity contribution in [3.05, 3.63) is 17.5 Å². The summed E-state index contributed by atoms with van der Waals surface area (Å²) in [5.41, 5.74) is -0.766. The summed E-state index contributed by atoms with van der Waals surface area (Å²) in [5.74, 6) is 0.790. The smallest absolute Gasteiger partial charge is 0.224 e. The molecule has 0 fully saturated rings. The van der Waals surface area contributed by atoms with Gasteiger partial charge in [0.1, 0.15) is 5.82 Å². The molecule has 0 aliphatic rings. The number of hydrogen-bond donors (Lipinski definition) is 2. The van der Waals surface area contributed by atoms with Crippen LogP contribution in [0, 0.1) is 5.92 Å². The number of nitrogens with zero attached hydrogens (tertiary/aromatic N) is 2. The molecule has 0 radical (unpaired) electrons. The molecule has 84 valence electrons. The zero-order valence-corrected chi connectivity index (χ0v) is 9.91. The first-order valence-electron chi connectivity index (χ1n) is 4.86. The lowest BCUT2D eigenvalue weighted by Gasteiger charge is -2.27. The van der Waals surface area contributed by atoms with Crippen molar-refractivity contribution in [3.63, 3.8) is 0 Å². The van der Waals surface area contributed by atoms with Crippen molar-refractivity contribution >= 4 is 17.4 Å². The second-order valence-electron chi connectivity index (χ2n) is 4.08. The molecule has 0 aliphatic heterocycles. The fourth-order valence-corrected chi connectivity index (χ4v) is 1.05. The van der Waals surface area contributed by atoms with E-state index in [2.05, 4.69) is 15.3 Å². The Labute approximate surface area is 94.7 Å². The van der Waals surface area contributed by atoms with E-state index >= 15 is 0 Å². The second kappa shape index (κ2) is 4.77. The molecule has 0 aromatic carbocycles. The van der Waals surface area contributed by atoms with Gasteiger partial charge in [-0.15, -0.1) is 0 Å². The van der Waals surface area contributed by atoms with Gasteiger partial charge in [-0.2, -0.15) is 0 Å². The minimum absolute atomic E-state index is 0.169. The molecule has 1 atom stereocenters. The van der Waals surface area contributed by atoms with Crippen LogP contribution >= 0.6 is 11.6 Å². The van der Waals surface area contributed by atoms with Crippen molar-refractivity contribution in [1.29, 1.82) is 0 Å². The van der Waals surface area contributed by atoms with E-state index in [0.717, 1.165) is 0 Å². The van der Waals surface area contributed by atoms with Crippen LogP contribution in [0.2, 0.25) is 5.28 Å². The molecule has 5 heteroatoms. The predicted molar refractivity (Wildman–Crippen MR) is 61.0 cm³/mol. The summed E-state index contributed by atoms with van der Waals surface area (Å²) < 4.78 is 0. The molecule has 0 aliphatic carbocycles. The van der Waals surface area contributed by atoms with Crippen LogP contribution in [0.4, 0.5) is 5.82 Å². The summed E-state index contributed by atoms with van der Waals surface area (Å²) in [5, 5.41) is 13.2. The highest BCUT2D eigenvalue weighted by molar-refractivity contribution is 6.28. The molecule has 1 rings (SSSR count). The van der Waals surface area contributed by atoms with Crippen LogP contribution in [-0.2, 0) is 0 Å². The van der Waals surface area contributed by atoms with Crippen LogP contribution in [0.3, 0.4) is 0 Å². The van der Waals surface area contributed by atoms with E-state index in [9.17, 15) is 5.11 Å². The van der Waals surface area contributed by atoms with Crippen molar-refractivity contribution in [1.82, 2.24) is 9.97 Å². The molecule has 2 N–H and O–H groups in total. The Kier molecular flexibility index (Phi) is 3.88. The van der Waals surface area contributed by atoms with Crippen LogP contribution in [0.25, 0.3) is 0 Å². The molecule has 4 nitrogen and oxygen atoms in total. The SMILES string of the molecule is CC(C)C(C)(O)CNc1ccnc(Cl)n1. The molecule has 0 bridgehead atoms. The minimum atomic E-state index is -0.766. The first kappa shape index (κ1) is 12.2. The largest absolute Gasteiger partial charge is 0.388 e. The third-order valence-electron chi connectivity index (χ3n) is 2.50. The molecule has 0 saturated carbocycles. The average molecular weight is 230 g/mol. The quantitative estimate of drug-likeness (QED) is 0.775. The van der Waals surface area contributed by atoms with Gasteiger partial charge in [-0.25, -0.2) is 9.97 Å². The van der Waals surface area contributed by atoms with E-state index in [1.54, 1.807) is 19.2 Å². The van der Waals surface area contributed by atoms with Crippen molar-refractivity contribution in [2.24, 2.45) is 5.92 Å². The van der Waals surface area contributed by atoms with Gasteiger partial charge >= 0.3 is 0 Å². The molecule has 1 aromatic heterocycles. The van der Waals surface area contributed by atoms with Crippen molar-refractivity contribution in [3.8, 4) is 0 Å². The van der Waals surface area contributed by atoms with Gasteiger partial charge in [-0.1, -0.05) is 13.8 Å². The number of aliphatic hydroxyl groups is 1. The Bertz CT molecular complexity index is 328. The maximum Gasteiger partial charge on any atom is 0.224 e. The number of halogens is 1. The number of rotatable bonds is 4. The lowest BCUT2D eigenvalue weighted by molar-refractivity contribution is 0.0265. The number of aromatic nitrogens is 2. The van der Waals surface area contributed by atoms with Gasteiger partial charge in [-0.3, -0.25) is 0 Å². The van der Waals surface area contributed by atoms with E-state index in [-0.39, 0.29) is 11.2 Å². The van der Waals surface area contributed by atoms with Crippen LogP contribution < -0.4 is 5.32 Å². The second-order valence-corrected chi connectivity index (χ2v) is 4.41. The Balaban J connectivity index is 2.57. The monoisotopic (exact) mass is 229 g/mol. The summed E-state index contributed by atoms with van der Waals surface area (Å²) in [7, 11) is 0. The van der Waals surface area contributed by atoms with E-state index in [4.69, 9.17) is 11.6 Å². The number of hydrogen-bond acceptors (Lipinski definition) is 4. The molecule has 0 saturated heterocycles. The highest BCUT2D eigenvalue weighted by atomic mass is 35.5. The molecule has 1 aromatic rings. The van der Waals surface area contributed by atoms with Gasteiger partial charge in [0, 0.05) is 12.7 Å². The van der Waals surface area contributed by atoms with Gasteiger partial charge in [-0.05, 0) is 30.5 Å². The first-order valence-corrected chi connectivity index (χ1v) is 5.24. The Hall–Kier alpha value is -0.870. The molecule has 1 unspecified atom stereocenters. The minimum Gasteiger partial charge on any atom is -0.388 e. The van der Waals surface area contributed by atoms with Crippen LogP contribution in [0.15, 0.2) is 12.3 Å². The Morgan fingerprint density at radius 2 is 2.27 bits per heavy atom. The maximum absolute atomic E-state index is 9.98. The standard InChI is InChI=1S/C10H16ClN3O/c1-7(2)10(3,15)6-13-8-4-5-12-9(11)14-8/h4-5,7,15H,6H2,1-3H3,(H,12,13,14). The summed E-state index contributed by atoms with van der Waals surface area (Å²) >= 11 is 5.63. The van der Waals surface area contributed by atoms with E-state index in [1.807, 2.05) is 13.8 Å². The van der Waals surface area contributed by atoms with E-state index in [0.29, 0.717) is 12.4 Å². The molecule has 15 heavy (non-hydrogen) atoms. The fraction of sp³-hybridized carbons (Fsp3) is 0.600. The predicted octanol–water partition coefficient (Wildman–Crippen LogP) is 1.95. The third-order valence-corrected chi connectivity index (χ3v) is 2.68. The molecule has 1 heterocycles. The van der Waals surface area contributed by atoms with Crippen molar-refractivity contribution < 1.29 is 5.11 Å². The first-order chi connectivity index (χ1) is 6.92.